The van der Waals surface area contributed by atoms with Gasteiger partial charge in [0.25, 0.3) is 0 Å². The second kappa shape index (κ2) is 7.12. The van der Waals surface area contributed by atoms with Crippen LogP contribution in [0.3, 0.4) is 0 Å². The molecule has 7 atom stereocenters. The third-order valence-corrected chi connectivity index (χ3v) is 8.58. The molecule has 0 aromatic heterocycles. The van der Waals surface area contributed by atoms with Gasteiger partial charge in [0, 0.05) is 34.9 Å². The van der Waals surface area contributed by atoms with Crippen LogP contribution in [0.25, 0.3) is 0 Å². The van der Waals surface area contributed by atoms with Gasteiger partial charge in [-0.3, -0.25) is 9.59 Å². The normalized spacial score (nSPS) is 45.1. The number of hydrogen-bond acceptors (Lipinski definition) is 5. The molecule has 0 heterocycles. The zero-order valence-electron chi connectivity index (χ0n) is 15.4. The van der Waals surface area contributed by atoms with Gasteiger partial charge in [0.1, 0.15) is 11.9 Å². The topological polar surface area (TPSA) is 94.8 Å². The Labute approximate surface area is 163 Å². The molecule has 0 spiro atoms. The fraction of sp³-hybridized carbons (Fsp3) is 0.800. The Kier molecular flexibility index (Phi) is 5.52. The van der Waals surface area contributed by atoms with Gasteiger partial charge >= 0.3 is 0 Å². The zero-order valence-corrected chi connectivity index (χ0v) is 17.0. The van der Waals surface area contributed by atoms with Gasteiger partial charge in [0.05, 0.1) is 12.7 Å². The molecule has 3 rings (SSSR count). The van der Waals surface area contributed by atoms with Crippen LogP contribution >= 0.6 is 15.9 Å². The lowest BCUT2D eigenvalue weighted by atomic mass is 9.50. The largest absolute Gasteiger partial charge is 0.395 e. The van der Waals surface area contributed by atoms with Crippen molar-refractivity contribution in [2.24, 2.45) is 22.7 Å². The van der Waals surface area contributed by atoms with Crippen molar-refractivity contribution in [3.63, 3.8) is 0 Å². The third-order valence-electron chi connectivity index (χ3n) is 7.19. The highest BCUT2D eigenvalue weighted by atomic mass is 79.9. The molecule has 5 nitrogen and oxygen atoms in total. The van der Waals surface area contributed by atoms with Crippen LogP contribution in [0.4, 0.5) is 0 Å². The van der Waals surface area contributed by atoms with E-state index in [1.165, 1.54) is 0 Å². The monoisotopic (exact) mass is 428 g/mol. The van der Waals surface area contributed by atoms with Crippen LogP contribution in [0.2, 0.25) is 0 Å². The van der Waals surface area contributed by atoms with Crippen LogP contribution in [0.1, 0.15) is 52.4 Å². The maximum atomic E-state index is 12.8. The maximum absolute atomic E-state index is 12.8. The van der Waals surface area contributed by atoms with Crippen molar-refractivity contribution >= 4 is 27.5 Å². The molecule has 6 heteroatoms. The fourth-order valence-corrected chi connectivity index (χ4v) is 5.75. The van der Waals surface area contributed by atoms with Crippen LogP contribution in [-0.4, -0.2) is 50.5 Å². The molecule has 0 aliphatic heterocycles. The lowest BCUT2D eigenvalue weighted by Gasteiger charge is -2.55. The molecular weight excluding hydrogens is 400 g/mol. The maximum Gasteiger partial charge on any atom is 0.162 e. The van der Waals surface area contributed by atoms with Gasteiger partial charge < -0.3 is 15.3 Å². The highest BCUT2D eigenvalue weighted by Crippen LogP contribution is 2.58. The van der Waals surface area contributed by atoms with Crippen molar-refractivity contribution in [2.75, 3.05) is 6.61 Å². The van der Waals surface area contributed by atoms with Crippen LogP contribution in [-0.2, 0) is 9.59 Å². The second-order valence-electron chi connectivity index (χ2n) is 8.81. The smallest absolute Gasteiger partial charge is 0.162 e. The quantitative estimate of drug-likeness (QED) is 0.462. The predicted octanol–water partition coefficient (Wildman–Crippen LogP) is 2.16. The Balaban J connectivity index is 2.06. The molecule has 26 heavy (non-hydrogen) atoms. The van der Waals surface area contributed by atoms with Gasteiger partial charge in [0.2, 0.25) is 0 Å². The Morgan fingerprint density at radius 1 is 1.23 bits per heavy atom. The molecular formula is C20H29BrO5. The zero-order chi connectivity index (χ0) is 19.3. The van der Waals surface area contributed by atoms with Crippen molar-refractivity contribution in [2.45, 2.75) is 69.4 Å². The highest BCUT2D eigenvalue weighted by Gasteiger charge is 2.58. The molecule has 0 radical (unpaired) electrons. The minimum absolute atomic E-state index is 0.00196. The number of rotatable bonds is 2. The van der Waals surface area contributed by atoms with E-state index >= 15 is 0 Å². The number of halogens is 1. The van der Waals surface area contributed by atoms with Gasteiger partial charge in [-0.15, -0.1) is 0 Å². The Bertz CT molecular complexity index is 632. The summed E-state index contributed by atoms with van der Waals surface area (Å²) < 4.78 is 0. The van der Waals surface area contributed by atoms with Gasteiger partial charge in [0.15, 0.2) is 5.78 Å². The van der Waals surface area contributed by atoms with Crippen molar-refractivity contribution in [1.82, 2.24) is 0 Å². The number of aliphatic hydroxyl groups is 3. The summed E-state index contributed by atoms with van der Waals surface area (Å²) >= 11 is 3.55. The van der Waals surface area contributed by atoms with Gasteiger partial charge in [-0.05, 0) is 31.1 Å². The standard InChI is InChI=1S/C20H29BrO5/c1-19(17(21)10-22)7-6-12-11(9-19)16(25)8-13-14(23)4-3-5-15(24)18(26)20(12,13)2/h6,11,13,16-18,22,25-26H,3-5,7-10H2,1-2H3/t11-,13?,16-,17?,18?,19+,20+/m0/s1. The number of hydrogen-bond donors (Lipinski definition) is 3. The summed E-state index contributed by atoms with van der Waals surface area (Å²) in [5.41, 5.74) is -0.318. The van der Waals surface area contributed by atoms with Crippen molar-refractivity contribution < 1.29 is 24.9 Å². The average Bonchev–Trinajstić information content (AvgIpc) is 2.62. The highest BCUT2D eigenvalue weighted by molar-refractivity contribution is 9.09. The number of ketones is 2. The van der Waals surface area contributed by atoms with Crippen LogP contribution in [0.5, 0.6) is 0 Å². The van der Waals surface area contributed by atoms with E-state index in [2.05, 4.69) is 22.9 Å². The average molecular weight is 429 g/mol. The van der Waals surface area contributed by atoms with E-state index < -0.39 is 23.5 Å². The van der Waals surface area contributed by atoms with E-state index in [4.69, 9.17) is 0 Å². The van der Waals surface area contributed by atoms with E-state index in [1.807, 2.05) is 13.0 Å². The summed E-state index contributed by atoms with van der Waals surface area (Å²) in [5.74, 6) is -0.903. The molecule has 3 N–H and O–H groups in total. The summed E-state index contributed by atoms with van der Waals surface area (Å²) in [6, 6.07) is 0. The number of aliphatic hydroxyl groups excluding tert-OH is 3. The van der Waals surface area contributed by atoms with E-state index in [0.29, 0.717) is 25.7 Å². The van der Waals surface area contributed by atoms with Crippen molar-refractivity contribution in [1.29, 1.82) is 0 Å². The number of allylic oxidation sites excluding steroid dienone is 1. The predicted molar refractivity (Wildman–Crippen MR) is 101 cm³/mol. The number of Topliss-reactive ketones (excluding diaryl/α,β-unsaturated/α-hetero) is 2. The third kappa shape index (κ3) is 3.03. The van der Waals surface area contributed by atoms with Crippen molar-refractivity contribution in [3.8, 4) is 0 Å². The molecule has 0 aromatic rings. The summed E-state index contributed by atoms with van der Waals surface area (Å²) in [6.45, 7) is 3.90. The number of carbonyl (C=O) groups is 2. The molecule has 3 aliphatic carbocycles. The second-order valence-corrected chi connectivity index (χ2v) is 9.91. The fourth-order valence-electron chi connectivity index (χ4n) is 5.38. The van der Waals surface area contributed by atoms with Gasteiger partial charge in [-0.25, -0.2) is 0 Å². The first-order valence-corrected chi connectivity index (χ1v) is 10.4. The molecule has 0 saturated heterocycles. The first kappa shape index (κ1) is 20.2. The van der Waals surface area contributed by atoms with E-state index in [1.54, 1.807) is 0 Å². The molecule has 0 bridgehead atoms. The first-order chi connectivity index (χ1) is 12.1. The summed E-state index contributed by atoms with van der Waals surface area (Å²) in [4.78, 5) is 25.1. The molecule has 0 amide bonds. The van der Waals surface area contributed by atoms with Crippen LogP contribution in [0.15, 0.2) is 11.6 Å². The number of fused-ring (bicyclic) bond motifs is 3. The minimum Gasteiger partial charge on any atom is -0.395 e. The van der Waals surface area contributed by atoms with E-state index in [9.17, 15) is 24.9 Å². The van der Waals surface area contributed by atoms with Gasteiger partial charge in [-0.2, -0.15) is 0 Å². The summed E-state index contributed by atoms with van der Waals surface area (Å²) in [7, 11) is 0. The minimum atomic E-state index is -1.21. The lowest BCUT2D eigenvalue weighted by molar-refractivity contribution is -0.148. The number of alkyl halides is 1. The Hall–Kier alpha value is -0.560. The lowest BCUT2D eigenvalue weighted by Crippen LogP contribution is -2.57. The summed E-state index contributed by atoms with van der Waals surface area (Å²) in [5, 5.41) is 31.3. The summed E-state index contributed by atoms with van der Waals surface area (Å²) in [6.07, 6.45) is 2.75. The van der Waals surface area contributed by atoms with Crippen molar-refractivity contribution in [3.05, 3.63) is 11.6 Å². The molecule has 146 valence electrons. The molecule has 0 aromatic carbocycles. The Morgan fingerprint density at radius 3 is 2.54 bits per heavy atom. The molecule has 3 aliphatic rings. The van der Waals surface area contributed by atoms with Crippen LogP contribution < -0.4 is 0 Å². The Morgan fingerprint density at radius 2 is 1.88 bits per heavy atom. The molecule has 3 unspecified atom stereocenters. The number of carbonyl (C=O) groups excluding carboxylic acids is 2. The first-order valence-electron chi connectivity index (χ1n) is 9.52. The van der Waals surface area contributed by atoms with Crippen LogP contribution in [0, 0.1) is 22.7 Å². The molecule has 2 fully saturated rings. The molecule has 2 saturated carbocycles. The van der Waals surface area contributed by atoms with E-state index in [-0.39, 0.29) is 47.2 Å². The van der Waals surface area contributed by atoms with E-state index in [0.717, 1.165) is 5.57 Å². The van der Waals surface area contributed by atoms with Gasteiger partial charge in [-0.1, -0.05) is 41.4 Å². The SMILES string of the molecule is C[C@@]1(C(Br)CO)CC=C2[C@H](C1)[C@@H](O)CC1C(=O)CCCC(=O)C(O)[C@]21C.